The van der Waals surface area contributed by atoms with E-state index in [4.69, 9.17) is 5.26 Å². The van der Waals surface area contributed by atoms with Gasteiger partial charge >= 0.3 is 0 Å². The van der Waals surface area contributed by atoms with Crippen molar-refractivity contribution in [2.75, 3.05) is 0 Å². The predicted molar refractivity (Wildman–Crippen MR) is 53.3 cm³/mol. The van der Waals surface area contributed by atoms with Gasteiger partial charge in [0.05, 0.1) is 5.56 Å². The lowest BCUT2D eigenvalue weighted by Crippen LogP contribution is -1.89. The lowest BCUT2D eigenvalue weighted by atomic mass is 10.1. The van der Waals surface area contributed by atoms with Crippen LogP contribution in [0.15, 0.2) is 12.1 Å². The topological polar surface area (TPSA) is 23.8 Å². The molecular formula is C9H8IN. The van der Waals surface area contributed by atoms with Crippen LogP contribution in [0.3, 0.4) is 0 Å². The molecule has 0 unspecified atom stereocenters. The van der Waals surface area contributed by atoms with Gasteiger partial charge in [0, 0.05) is 3.57 Å². The van der Waals surface area contributed by atoms with Gasteiger partial charge in [-0.2, -0.15) is 5.26 Å². The SMILES string of the molecule is Cc1ccc(C#N)c(I)c1C. The van der Waals surface area contributed by atoms with E-state index in [-0.39, 0.29) is 0 Å². The summed E-state index contributed by atoms with van der Waals surface area (Å²) in [5, 5.41) is 8.68. The van der Waals surface area contributed by atoms with Crippen molar-refractivity contribution < 1.29 is 0 Å². The van der Waals surface area contributed by atoms with Crippen LogP contribution in [0.5, 0.6) is 0 Å². The molecule has 1 rings (SSSR count). The third-order valence-corrected chi connectivity index (χ3v) is 3.17. The normalized spacial score (nSPS) is 9.27. The number of rotatable bonds is 0. The van der Waals surface area contributed by atoms with E-state index < -0.39 is 0 Å². The Morgan fingerprint density at radius 1 is 1.36 bits per heavy atom. The van der Waals surface area contributed by atoms with E-state index in [1.54, 1.807) is 0 Å². The maximum Gasteiger partial charge on any atom is 0.100 e. The summed E-state index contributed by atoms with van der Waals surface area (Å²) in [7, 11) is 0. The summed E-state index contributed by atoms with van der Waals surface area (Å²) < 4.78 is 1.07. The zero-order chi connectivity index (χ0) is 8.43. The molecule has 0 aliphatic rings. The Labute approximate surface area is 80.2 Å². The molecule has 0 amide bonds. The molecule has 0 heterocycles. The highest BCUT2D eigenvalue weighted by Gasteiger charge is 2.02. The van der Waals surface area contributed by atoms with Crippen molar-refractivity contribution in [2.24, 2.45) is 0 Å². The molecule has 0 atom stereocenters. The quantitative estimate of drug-likeness (QED) is 0.655. The van der Waals surface area contributed by atoms with Crippen LogP contribution >= 0.6 is 22.6 Å². The Kier molecular flexibility index (Phi) is 2.50. The number of halogens is 1. The molecule has 0 aliphatic carbocycles. The van der Waals surface area contributed by atoms with Gasteiger partial charge in [-0.3, -0.25) is 0 Å². The highest BCUT2D eigenvalue weighted by Crippen LogP contribution is 2.18. The maximum atomic E-state index is 8.68. The van der Waals surface area contributed by atoms with Crippen molar-refractivity contribution in [1.82, 2.24) is 0 Å². The van der Waals surface area contributed by atoms with E-state index in [1.165, 1.54) is 11.1 Å². The zero-order valence-electron chi connectivity index (χ0n) is 6.48. The van der Waals surface area contributed by atoms with Gasteiger partial charge < -0.3 is 0 Å². The van der Waals surface area contributed by atoms with E-state index in [0.717, 1.165) is 9.13 Å². The maximum absolute atomic E-state index is 8.68. The minimum atomic E-state index is 0.772. The molecule has 0 saturated heterocycles. The van der Waals surface area contributed by atoms with Crippen molar-refractivity contribution in [3.8, 4) is 6.07 Å². The van der Waals surface area contributed by atoms with Crippen molar-refractivity contribution >= 4 is 22.6 Å². The molecule has 0 saturated carbocycles. The van der Waals surface area contributed by atoms with Gasteiger partial charge in [-0.25, -0.2) is 0 Å². The first-order chi connectivity index (χ1) is 5.16. The van der Waals surface area contributed by atoms with Gasteiger partial charge in [0.1, 0.15) is 6.07 Å². The van der Waals surface area contributed by atoms with E-state index in [2.05, 4.69) is 35.6 Å². The number of hydrogen-bond donors (Lipinski definition) is 0. The number of nitriles is 1. The average Bonchev–Trinajstić information content (AvgIpc) is 2.01. The third-order valence-electron chi connectivity index (χ3n) is 1.78. The molecule has 2 heteroatoms. The second-order valence-corrected chi connectivity index (χ2v) is 3.56. The molecule has 0 aromatic heterocycles. The van der Waals surface area contributed by atoms with Crippen LogP contribution in [-0.2, 0) is 0 Å². The monoisotopic (exact) mass is 257 g/mol. The molecule has 0 spiro atoms. The van der Waals surface area contributed by atoms with Gasteiger partial charge in [0.15, 0.2) is 0 Å². The fourth-order valence-electron chi connectivity index (χ4n) is 0.868. The lowest BCUT2D eigenvalue weighted by Gasteiger charge is -2.02. The molecule has 1 aromatic carbocycles. The molecule has 0 fully saturated rings. The van der Waals surface area contributed by atoms with Crippen LogP contribution in [0.1, 0.15) is 16.7 Å². The standard InChI is InChI=1S/C9H8IN/c1-6-3-4-8(5-11)9(10)7(6)2/h3-4H,1-2H3. The Bertz CT molecular complexity index is 323. The summed E-state index contributed by atoms with van der Waals surface area (Å²) in [6.07, 6.45) is 0. The Balaban J connectivity index is 3.40. The van der Waals surface area contributed by atoms with E-state index in [1.807, 2.05) is 19.1 Å². The summed E-state index contributed by atoms with van der Waals surface area (Å²) in [5.41, 5.74) is 3.23. The number of benzene rings is 1. The minimum absolute atomic E-state index is 0.772. The van der Waals surface area contributed by atoms with Crippen LogP contribution < -0.4 is 0 Å². The fraction of sp³-hybridized carbons (Fsp3) is 0.222. The van der Waals surface area contributed by atoms with Crippen molar-refractivity contribution in [1.29, 1.82) is 5.26 Å². The highest BCUT2D eigenvalue weighted by molar-refractivity contribution is 14.1. The van der Waals surface area contributed by atoms with Crippen molar-refractivity contribution in [3.05, 3.63) is 32.4 Å². The van der Waals surface area contributed by atoms with Crippen LogP contribution in [0.4, 0.5) is 0 Å². The van der Waals surface area contributed by atoms with E-state index in [9.17, 15) is 0 Å². The molecule has 0 bridgehead atoms. The first-order valence-corrected chi connectivity index (χ1v) is 4.40. The van der Waals surface area contributed by atoms with Crippen LogP contribution in [0, 0.1) is 28.7 Å². The summed E-state index contributed by atoms with van der Waals surface area (Å²) >= 11 is 2.21. The lowest BCUT2D eigenvalue weighted by molar-refractivity contribution is 1.29. The Hall–Kier alpha value is -0.560. The van der Waals surface area contributed by atoms with Crippen molar-refractivity contribution in [3.63, 3.8) is 0 Å². The minimum Gasteiger partial charge on any atom is -0.192 e. The molecule has 1 nitrogen and oxygen atoms in total. The predicted octanol–water partition coefficient (Wildman–Crippen LogP) is 2.78. The van der Waals surface area contributed by atoms with Crippen LogP contribution in [0.25, 0.3) is 0 Å². The smallest absolute Gasteiger partial charge is 0.100 e. The molecule has 56 valence electrons. The molecule has 1 aromatic rings. The van der Waals surface area contributed by atoms with Gasteiger partial charge in [-0.15, -0.1) is 0 Å². The molecule has 0 N–H and O–H groups in total. The van der Waals surface area contributed by atoms with Gasteiger partial charge in [0.2, 0.25) is 0 Å². The number of nitrogens with zero attached hydrogens (tertiary/aromatic N) is 1. The third kappa shape index (κ3) is 1.54. The number of hydrogen-bond acceptors (Lipinski definition) is 1. The highest BCUT2D eigenvalue weighted by atomic mass is 127. The summed E-state index contributed by atoms with van der Waals surface area (Å²) in [5.74, 6) is 0. The van der Waals surface area contributed by atoms with Gasteiger partial charge in [0.25, 0.3) is 0 Å². The Morgan fingerprint density at radius 2 is 2.00 bits per heavy atom. The summed E-state index contributed by atoms with van der Waals surface area (Å²) in [6, 6.07) is 6.00. The first kappa shape index (κ1) is 8.54. The summed E-state index contributed by atoms with van der Waals surface area (Å²) in [6.45, 7) is 4.09. The zero-order valence-corrected chi connectivity index (χ0v) is 8.64. The summed E-state index contributed by atoms with van der Waals surface area (Å²) in [4.78, 5) is 0. The van der Waals surface area contributed by atoms with E-state index in [0.29, 0.717) is 0 Å². The van der Waals surface area contributed by atoms with Gasteiger partial charge in [-0.05, 0) is 53.6 Å². The number of aryl methyl sites for hydroxylation is 1. The fourth-order valence-corrected chi connectivity index (χ4v) is 1.59. The van der Waals surface area contributed by atoms with Crippen LogP contribution in [-0.4, -0.2) is 0 Å². The molecule has 11 heavy (non-hydrogen) atoms. The molecular weight excluding hydrogens is 249 g/mol. The average molecular weight is 257 g/mol. The van der Waals surface area contributed by atoms with Crippen molar-refractivity contribution in [2.45, 2.75) is 13.8 Å². The first-order valence-electron chi connectivity index (χ1n) is 3.32. The largest absolute Gasteiger partial charge is 0.192 e. The van der Waals surface area contributed by atoms with E-state index >= 15 is 0 Å². The molecule has 0 aliphatic heterocycles. The Morgan fingerprint density at radius 3 is 2.55 bits per heavy atom. The van der Waals surface area contributed by atoms with Crippen LogP contribution in [0.2, 0.25) is 0 Å². The molecule has 0 radical (unpaired) electrons. The van der Waals surface area contributed by atoms with Gasteiger partial charge in [-0.1, -0.05) is 6.07 Å². The second-order valence-electron chi connectivity index (χ2n) is 2.48. The second kappa shape index (κ2) is 3.22.